The summed E-state index contributed by atoms with van der Waals surface area (Å²) in [6, 6.07) is 0.837. The molecular weight excluding hydrogens is 230 g/mol. The molecule has 1 atom stereocenters. The van der Waals surface area contributed by atoms with Gasteiger partial charge in [-0.2, -0.15) is 0 Å². The molecule has 0 unspecified atom stereocenters. The zero-order valence-electron chi connectivity index (χ0n) is 9.14. The highest BCUT2D eigenvalue weighted by Gasteiger charge is 2.18. The smallest absolute Gasteiger partial charge is 0.326 e. The van der Waals surface area contributed by atoms with E-state index in [1.54, 1.807) is 0 Å². The SMILES string of the molecule is CC(C)C[C@@H](Nc1cc(Cl)ncn1)C(=O)O. The van der Waals surface area contributed by atoms with Gasteiger partial charge in [0.25, 0.3) is 0 Å². The lowest BCUT2D eigenvalue weighted by Gasteiger charge is -2.16. The molecule has 16 heavy (non-hydrogen) atoms. The van der Waals surface area contributed by atoms with E-state index in [1.165, 1.54) is 12.4 Å². The van der Waals surface area contributed by atoms with Crippen molar-refractivity contribution in [2.45, 2.75) is 26.3 Å². The van der Waals surface area contributed by atoms with Gasteiger partial charge in [0.2, 0.25) is 0 Å². The van der Waals surface area contributed by atoms with Crippen molar-refractivity contribution in [2.24, 2.45) is 5.92 Å². The van der Waals surface area contributed by atoms with Crippen molar-refractivity contribution < 1.29 is 9.90 Å². The van der Waals surface area contributed by atoms with E-state index >= 15 is 0 Å². The summed E-state index contributed by atoms with van der Waals surface area (Å²) in [5.41, 5.74) is 0. The number of anilines is 1. The predicted molar refractivity (Wildman–Crippen MR) is 61.5 cm³/mol. The highest BCUT2D eigenvalue weighted by Crippen LogP contribution is 2.13. The third-order valence-corrected chi connectivity index (χ3v) is 2.17. The molecule has 0 amide bonds. The molecule has 0 spiro atoms. The van der Waals surface area contributed by atoms with Crippen LogP contribution in [-0.2, 0) is 4.79 Å². The molecule has 0 fully saturated rings. The van der Waals surface area contributed by atoms with E-state index in [4.69, 9.17) is 16.7 Å². The second-order valence-corrected chi connectivity index (χ2v) is 4.28. The molecule has 0 bridgehead atoms. The Kier molecular flexibility index (Phi) is 4.49. The summed E-state index contributed by atoms with van der Waals surface area (Å²) in [7, 11) is 0. The van der Waals surface area contributed by atoms with Crippen LogP contribution in [0.15, 0.2) is 12.4 Å². The van der Waals surface area contributed by atoms with Crippen LogP contribution in [0.3, 0.4) is 0 Å². The molecule has 1 heterocycles. The largest absolute Gasteiger partial charge is 0.480 e. The van der Waals surface area contributed by atoms with Gasteiger partial charge in [-0.3, -0.25) is 0 Å². The first-order chi connectivity index (χ1) is 7.49. The number of aromatic nitrogens is 2. The Labute approximate surface area is 98.9 Å². The summed E-state index contributed by atoms with van der Waals surface area (Å²) in [6.45, 7) is 3.93. The lowest BCUT2D eigenvalue weighted by molar-refractivity contribution is -0.138. The fourth-order valence-electron chi connectivity index (χ4n) is 1.28. The van der Waals surface area contributed by atoms with E-state index in [1.807, 2.05) is 13.8 Å². The highest BCUT2D eigenvalue weighted by molar-refractivity contribution is 6.29. The number of rotatable bonds is 5. The quantitative estimate of drug-likeness (QED) is 0.774. The molecule has 0 aliphatic rings. The summed E-state index contributed by atoms with van der Waals surface area (Å²) >= 11 is 5.68. The maximum absolute atomic E-state index is 11.0. The normalized spacial score (nSPS) is 12.5. The molecule has 0 saturated heterocycles. The molecule has 0 aliphatic heterocycles. The third-order valence-electron chi connectivity index (χ3n) is 1.96. The van der Waals surface area contributed by atoms with Gasteiger partial charge in [-0.25, -0.2) is 14.8 Å². The summed E-state index contributed by atoms with van der Waals surface area (Å²) < 4.78 is 0. The van der Waals surface area contributed by atoms with Crippen LogP contribution in [0.5, 0.6) is 0 Å². The summed E-state index contributed by atoms with van der Waals surface area (Å²) in [4.78, 5) is 18.6. The van der Waals surface area contributed by atoms with E-state index in [0.29, 0.717) is 12.2 Å². The first-order valence-corrected chi connectivity index (χ1v) is 5.33. The van der Waals surface area contributed by atoms with Gasteiger partial charge in [-0.1, -0.05) is 25.4 Å². The Morgan fingerprint density at radius 1 is 1.56 bits per heavy atom. The number of carbonyl (C=O) groups is 1. The van der Waals surface area contributed by atoms with Gasteiger partial charge in [0.05, 0.1) is 0 Å². The number of nitrogens with one attached hydrogen (secondary N) is 1. The molecule has 0 aliphatic carbocycles. The summed E-state index contributed by atoms with van der Waals surface area (Å²) in [5, 5.41) is 12.1. The van der Waals surface area contributed by atoms with Gasteiger partial charge >= 0.3 is 5.97 Å². The average Bonchev–Trinajstić information content (AvgIpc) is 2.15. The van der Waals surface area contributed by atoms with Crippen LogP contribution in [0.1, 0.15) is 20.3 Å². The minimum absolute atomic E-state index is 0.283. The van der Waals surface area contributed by atoms with E-state index in [2.05, 4.69) is 15.3 Å². The molecular formula is C10H14ClN3O2. The molecule has 5 nitrogen and oxygen atoms in total. The van der Waals surface area contributed by atoms with Crippen LogP contribution < -0.4 is 5.32 Å². The van der Waals surface area contributed by atoms with E-state index in [-0.39, 0.29) is 11.1 Å². The van der Waals surface area contributed by atoms with Crippen LogP contribution in [0.25, 0.3) is 0 Å². The molecule has 88 valence electrons. The first-order valence-electron chi connectivity index (χ1n) is 4.96. The fraction of sp³-hybridized carbons (Fsp3) is 0.500. The van der Waals surface area contributed by atoms with Crippen molar-refractivity contribution in [3.8, 4) is 0 Å². The van der Waals surface area contributed by atoms with Crippen LogP contribution in [0, 0.1) is 5.92 Å². The van der Waals surface area contributed by atoms with E-state index in [9.17, 15) is 4.79 Å². The second-order valence-electron chi connectivity index (χ2n) is 3.89. The molecule has 1 aromatic heterocycles. The van der Waals surface area contributed by atoms with Crippen molar-refractivity contribution in [2.75, 3.05) is 5.32 Å². The van der Waals surface area contributed by atoms with Crippen LogP contribution in [0.4, 0.5) is 5.82 Å². The molecule has 0 radical (unpaired) electrons. The molecule has 0 saturated carbocycles. The number of aliphatic carboxylic acids is 1. The van der Waals surface area contributed by atoms with E-state index < -0.39 is 12.0 Å². The van der Waals surface area contributed by atoms with Gasteiger partial charge < -0.3 is 10.4 Å². The topological polar surface area (TPSA) is 75.1 Å². The Morgan fingerprint density at radius 3 is 2.75 bits per heavy atom. The maximum Gasteiger partial charge on any atom is 0.326 e. The van der Waals surface area contributed by atoms with Crippen molar-refractivity contribution >= 4 is 23.4 Å². The van der Waals surface area contributed by atoms with Crippen LogP contribution in [-0.4, -0.2) is 27.1 Å². The van der Waals surface area contributed by atoms with Crippen molar-refractivity contribution in [3.63, 3.8) is 0 Å². The third kappa shape index (κ3) is 4.02. The van der Waals surface area contributed by atoms with Crippen molar-refractivity contribution in [1.82, 2.24) is 9.97 Å². The van der Waals surface area contributed by atoms with Crippen molar-refractivity contribution in [3.05, 3.63) is 17.5 Å². The van der Waals surface area contributed by atoms with Crippen molar-refractivity contribution in [1.29, 1.82) is 0 Å². The van der Waals surface area contributed by atoms with Gasteiger partial charge in [0.15, 0.2) is 0 Å². The standard InChI is InChI=1S/C10H14ClN3O2/c1-6(2)3-7(10(15)16)14-9-4-8(11)12-5-13-9/h4-7H,3H2,1-2H3,(H,15,16)(H,12,13,14)/t7-/m1/s1. The minimum Gasteiger partial charge on any atom is -0.480 e. The average molecular weight is 244 g/mol. The predicted octanol–water partition coefficient (Wildman–Crippen LogP) is 2.04. The van der Waals surface area contributed by atoms with Crippen LogP contribution >= 0.6 is 11.6 Å². The Bertz CT molecular complexity index is 371. The lowest BCUT2D eigenvalue weighted by atomic mass is 10.0. The molecule has 2 N–H and O–H groups in total. The minimum atomic E-state index is -0.900. The van der Waals surface area contributed by atoms with Gasteiger partial charge in [-0.05, 0) is 12.3 Å². The molecule has 0 aromatic carbocycles. The molecule has 1 aromatic rings. The second kappa shape index (κ2) is 5.65. The van der Waals surface area contributed by atoms with Gasteiger partial charge in [-0.15, -0.1) is 0 Å². The number of halogens is 1. The molecule has 1 rings (SSSR count). The van der Waals surface area contributed by atoms with Gasteiger partial charge in [0.1, 0.15) is 23.3 Å². The highest BCUT2D eigenvalue weighted by atomic mass is 35.5. The summed E-state index contributed by atoms with van der Waals surface area (Å²) in [6.07, 6.45) is 1.82. The maximum atomic E-state index is 11.0. The number of carboxylic acids is 1. The number of hydrogen-bond acceptors (Lipinski definition) is 4. The molecule has 6 heteroatoms. The number of nitrogens with zero attached hydrogens (tertiary/aromatic N) is 2. The monoisotopic (exact) mass is 243 g/mol. The van der Waals surface area contributed by atoms with E-state index in [0.717, 1.165) is 0 Å². The van der Waals surface area contributed by atoms with Crippen LogP contribution in [0.2, 0.25) is 5.15 Å². The lowest BCUT2D eigenvalue weighted by Crippen LogP contribution is -2.31. The van der Waals surface area contributed by atoms with Gasteiger partial charge in [0, 0.05) is 6.07 Å². The Morgan fingerprint density at radius 2 is 2.25 bits per heavy atom. The summed E-state index contributed by atoms with van der Waals surface area (Å²) in [5.74, 6) is -0.192. The first kappa shape index (κ1) is 12.7. The Balaban J connectivity index is 2.71. The zero-order chi connectivity index (χ0) is 12.1. The number of hydrogen-bond donors (Lipinski definition) is 2. The zero-order valence-corrected chi connectivity index (χ0v) is 9.90. The number of carboxylic acid groups (broad SMARTS) is 1. The fourth-order valence-corrected chi connectivity index (χ4v) is 1.43. The Hall–Kier alpha value is -1.36.